The van der Waals surface area contributed by atoms with Gasteiger partial charge in [-0.25, -0.2) is 0 Å². The van der Waals surface area contributed by atoms with Crippen LogP contribution in [0.3, 0.4) is 0 Å². The van der Waals surface area contributed by atoms with Crippen LogP contribution in [0.15, 0.2) is 51.6 Å². The van der Waals surface area contributed by atoms with Crippen LogP contribution in [-0.4, -0.2) is 17.9 Å². The van der Waals surface area contributed by atoms with Gasteiger partial charge in [-0.2, -0.15) is 0 Å². The summed E-state index contributed by atoms with van der Waals surface area (Å²) in [4.78, 5) is 24.6. The molecule has 23 heavy (non-hydrogen) atoms. The van der Waals surface area contributed by atoms with Crippen molar-refractivity contribution < 1.29 is 14.0 Å². The van der Waals surface area contributed by atoms with Crippen molar-refractivity contribution in [3.63, 3.8) is 0 Å². The van der Waals surface area contributed by atoms with E-state index in [1.54, 1.807) is 42.7 Å². The summed E-state index contributed by atoms with van der Waals surface area (Å²) in [6.45, 7) is 4.07. The average Bonchev–Trinajstić information content (AvgIpc) is 3.03. The number of furan rings is 1. The van der Waals surface area contributed by atoms with Gasteiger partial charge >= 0.3 is 0 Å². The van der Waals surface area contributed by atoms with Gasteiger partial charge in [-0.05, 0) is 42.3 Å². The van der Waals surface area contributed by atoms with Crippen LogP contribution in [0, 0.1) is 5.92 Å². The predicted molar refractivity (Wildman–Crippen MR) is 90.8 cm³/mol. The first-order valence-corrected chi connectivity index (χ1v) is 8.13. The lowest BCUT2D eigenvalue weighted by molar-refractivity contribution is -0.124. The number of nitrogens with one attached hydrogen (secondary N) is 2. The number of carbonyl (C=O) groups excluding carboxylic acids is 2. The Labute approximate surface area is 143 Å². The Balaban J connectivity index is 1.98. The molecular formula is C17H19BrN2O3. The zero-order valence-electron chi connectivity index (χ0n) is 13.0. The third-order valence-corrected chi connectivity index (χ3v) is 3.89. The van der Waals surface area contributed by atoms with Crippen LogP contribution in [0.4, 0.5) is 0 Å². The van der Waals surface area contributed by atoms with Gasteiger partial charge in [0.15, 0.2) is 0 Å². The van der Waals surface area contributed by atoms with Crippen molar-refractivity contribution in [3.8, 4) is 0 Å². The van der Waals surface area contributed by atoms with E-state index in [0.29, 0.717) is 17.9 Å². The Morgan fingerprint density at radius 2 is 1.87 bits per heavy atom. The first-order valence-electron chi connectivity index (χ1n) is 7.34. The van der Waals surface area contributed by atoms with E-state index >= 15 is 0 Å². The van der Waals surface area contributed by atoms with Crippen LogP contribution < -0.4 is 10.6 Å². The lowest BCUT2D eigenvalue weighted by Gasteiger charge is -2.21. The molecule has 0 aliphatic carbocycles. The van der Waals surface area contributed by atoms with Crippen molar-refractivity contribution in [3.05, 3.63) is 58.5 Å². The highest BCUT2D eigenvalue weighted by atomic mass is 79.9. The van der Waals surface area contributed by atoms with Crippen molar-refractivity contribution in [2.24, 2.45) is 5.92 Å². The zero-order chi connectivity index (χ0) is 16.8. The molecular weight excluding hydrogens is 360 g/mol. The normalized spacial score (nSPS) is 12.0. The van der Waals surface area contributed by atoms with Crippen molar-refractivity contribution in [2.75, 3.05) is 0 Å². The van der Waals surface area contributed by atoms with Gasteiger partial charge in [-0.1, -0.05) is 29.8 Å². The van der Waals surface area contributed by atoms with Crippen molar-refractivity contribution in [2.45, 2.75) is 26.4 Å². The molecule has 0 saturated carbocycles. The quantitative estimate of drug-likeness (QED) is 0.810. The molecule has 2 amide bonds. The minimum absolute atomic E-state index is 0.0361. The maximum atomic E-state index is 12.3. The standard InChI is InChI=1S/C17H19BrN2O3/c1-11(2)15(17(22)19-10-14-4-3-9-23-14)20-16(21)12-5-7-13(18)8-6-12/h3-9,11,15H,10H2,1-2H3,(H,19,22)(H,20,21)/t15-/m1/s1. The number of hydrogen-bond donors (Lipinski definition) is 2. The van der Waals surface area contributed by atoms with E-state index in [4.69, 9.17) is 4.42 Å². The first kappa shape index (κ1) is 17.3. The Morgan fingerprint density at radius 3 is 2.43 bits per heavy atom. The molecule has 0 saturated heterocycles. The summed E-state index contributed by atoms with van der Waals surface area (Å²) in [5.41, 5.74) is 0.512. The van der Waals surface area contributed by atoms with E-state index < -0.39 is 6.04 Å². The monoisotopic (exact) mass is 378 g/mol. The number of halogens is 1. The summed E-state index contributed by atoms with van der Waals surface area (Å²) in [5.74, 6) is 0.123. The Morgan fingerprint density at radius 1 is 1.17 bits per heavy atom. The fraction of sp³-hybridized carbons (Fsp3) is 0.294. The van der Waals surface area contributed by atoms with Crippen LogP contribution in [0.2, 0.25) is 0 Å². The molecule has 1 heterocycles. The highest BCUT2D eigenvalue weighted by Crippen LogP contribution is 2.11. The summed E-state index contributed by atoms with van der Waals surface area (Å²) in [6, 6.07) is 9.92. The van der Waals surface area contributed by atoms with Gasteiger partial charge in [0, 0.05) is 10.0 Å². The predicted octanol–water partition coefficient (Wildman–Crippen LogP) is 3.11. The molecule has 2 aromatic rings. The van der Waals surface area contributed by atoms with E-state index in [1.807, 2.05) is 13.8 Å². The molecule has 0 radical (unpaired) electrons. The number of benzene rings is 1. The van der Waals surface area contributed by atoms with Crippen molar-refractivity contribution in [1.82, 2.24) is 10.6 Å². The third kappa shape index (κ3) is 4.96. The number of hydrogen-bond acceptors (Lipinski definition) is 3. The highest BCUT2D eigenvalue weighted by Gasteiger charge is 2.24. The molecule has 1 atom stereocenters. The van der Waals surface area contributed by atoms with Gasteiger partial charge in [-0.3, -0.25) is 9.59 Å². The fourth-order valence-electron chi connectivity index (χ4n) is 2.06. The van der Waals surface area contributed by atoms with E-state index in [0.717, 1.165) is 4.47 Å². The maximum Gasteiger partial charge on any atom is 0.251 e. The van der Waals surface area contributed by atoms with Crippen molar-refractivity contribution in [1.29, 1.82) is 0 Å². The van der Waals surface area contributed by atoms with Gasteiger partial charge in [-0.15, -0.1) is 0 Å². The van der Waals surface area contributed by atoms with Crippen molar-refractivity contribution >= 4 is 27.7 Å². The summed E-state index contributed by atoms with van der Waals surface area (Å²) < 4.78 is 6.07. The molecule has 5 nitrogen and oxygen atoms in total. The summed E-state index contributed by atoms with van der Waals surface area (Å²) >= 11 is 3.33. The highest BCUT2D eigenvalue weighted by molar-refractivity contribution is 9.10. The van der Waals surface area contributed by atoms with Crippen LogP contribution >= 0.6 is 15.9 Å². The zero-order valence-corrected chi connectivity index (χ0v) is 14.6. The van der Waals surface area contributed by atoms with Crippen LogP contribution in [0.1, 0.15) is 30.0 Å². The molecule has 0 aliphatic rings. The number of carbonyl (C=O) groups is 2. The lowest BCUT2D eigenvalue weighted by Crippen LogP contribution is -2.49. The minimum atomic E-state index is -0.610. The minimum Gasteiger partial charge on any atom is -0.467 e. The van der Waals surface area contributed by atoms with Crippen LogP contribution in [0.25, 0.3) is 0 Å². The first-order chi connectivity index (χ1) is 11.0. The van der Waals surface area contributed by atoms with Gasteiger partial charge in [0.25, 0.3) is 5.91 Å². The molecule has 0 aliphatic heterocycles. The molecule has 1 aromatic carbocycles. The Bertz CT molecular complexity index is 651. The lowest BCUT2D eigenvalue weighted by atomic mass is 10.0. The van der Waals surface area contributed by atoms with Gasteiger partial charge in [0.2, 0.25) is 5.91 Å². The molecule has 2 rings (SSSR count). The summed E-state index contributed by atoms with van der Waals surface area (Å²) in [5, 5.41) is 5.56. The second kappa shape index (κ2) is 7.97. The molecule has 6 heteroatoms. The molecule has 2 N–H and O–H groups in total. The van der Waals surface area contributed by atoms with E-state index in [9.17, 15) is 9.59 Å². The number of amides is 2. The summed E-state index contributed by atoms with van der Waals surface area (Å²) in [7, 11) is 0. The third-order valence-electron chi connectivity index (χ3n) is 3.36. The van der Waals surface area contributed by atoms with Gasteiger partial charge < -0.3 is 15.1 Å². The number of rotatable bonds is 6. The van der Waals surface area contributed by atoms with Gasteiger partial charge in [0.1, 0.15) is 11.8 Å². The second-order valence-corrected chi connectivity index (χ2v) is 6.41. The average molecular weight is 379 g/mol. The van der Waals surface area contributed by atoms with Gasteiger partial charge in [0.05, 0.1) is 12.8 Å². The van der Waals surface area contributed by atoms with Crippen LogP contribution in [-0.2, 0) is 11.3 Å². The van der Waals surface area contributed by atoms with Crippen LogP contribution in [0.5, 0.6) is 0 Å². The second-order valence-electron chi connectivity index (χ2n) is 5.50. The van der Waals surface area contributed by atoms with E-state index in [-0.39, 0.29) is 17.7 Å². The topological polar surface area (TPSA) is 71.3 Å². The van der Waals surface area contributed by atoms with E-state index in [1.165, 1.54) is 0 Å². The van der Waals surface area contributed by atoms with E-state index in [2.05, 4.69) is 26.6 Å². The molecule has 0 fully saturated rings. The maximum absolute atomic E-state index is 12.3. The Hall–Kier alpha value is -2.08. The molecule has 122 valence electrons. The Kier molecular flexibility index (Phi) is 5.98. The molecule has 0 bridgehead atoms. The molecule has 1 aromatic heterocycles. The molecule has 0 spiro atoms. The SMILES string of the molecule is CC(C)[C@@H](NC(=O)c1ccc(Br)cc1)C(=O)NCc1ccco1. The molecule has 0 unspecified atom stereocenters. The fourth-order valence-corrected chi connectivity index (χ4v) is 2.32. The summed E-state index contributed by atoms with van der Waals surface area (Å²) in [6.07, 6.45) is 1.55. The smallest absolute Gasteiger partial charge is 0.251 e. The largest absolute Gasteiger partial charge is 0.467 e.